The fraction of sp³-hybridized carbons (Fsp3) is 0.143. The molecule has 198 valence electrons. The van der Waals surface area contributed by atoms with Crippen molar-refractivity contribution in [1.82, 2.24) is 19.1 Å². The van der Waals surface area contributed by atoms with Crippen LogP contribution in [-0.4, -0.2) is 31.8 Å². The topological polar surface area (TPSA) is 91.0 Å². The Balaban J connectivity index is 1.62. The maximum absolute atomic E-state index is 13.7. The molecule has 0 spiro atoms. The second-order valence-electron chi connectivity index (χ2n) is 8.76. The SMILES string of the molecule is Cc1ccc(-n2c(=O)c3cnc(NCC(F)(F)F)nc3n(-c3ccc(OCc4ccccc4)cc3)c2=O)cc1. The Hall–Kier alpha value is -4.93. The van der Waals surface area contributed by atoms with Crippen molar-refractivity contribution < 1.29 is 17.9 Å². The number of aromatic nitrogens is 4. The van der Waals surface area contributed by atoms with Crippen LogP contribution >= 0.6 is 0 Å². The molecule has 8 nitrogen and oxygen atoms in total. The van der Waals surface area contributed by atoms with Gasteiger partial charge in [-0.2, -0.15) is 18.2 Å². The van der Waals surface area contributed by atoms with Crippen LogP contribution in [0.15, 0.2) is 94.6 Å². The summed E-state index contributed by atoms with van der Waals surface area (Å²) < 4.78 is 46.3. The maximum atomic E-state index is 13.7. The van der Waals surface area contributed by atoms with Crippen LogP contribution in [0.25, 0.3) is 22.4 Å². The molecule has 5 aromatic rings. The number of aryl methyl sites for hydroxylation is 1. The molecule has 2 aromatic heterocycles. The Kier molecular flexibility index (Phi) is 6.88. The number of alkyl halides is 3. The highest BCUT2D eigenvalue weighted by Gasteiger charge is 2.27. The zero-order chi connectivity index (χ0) is 27.6. The second-order valence-corrected chi connectivity index (χ2v) is 8.76. The quantitative estimate of drug-likeness (QED) is 0.324. The Labute approximate surface area is 220 Å². The van der Waals surface area contributed by atoms with Crippen LogP contribution in [0.1, 0.15) is 11.1 Å². The molecule has 5 rings (SSSR count). The molecule has 3 aromatic carbocycles. The molecule has 1 N–H and O–H groups in total. The lowest BCUT2D eigenvalue weighted by Crippen LogP contribution is -2.39. The summed E-state index contributed by atoms with van der Waals surface area (Å²) in [4.78, 5) is 35.1. The second kappa shape index (κ2) is 10.4. The smallest absolute Gasteiger partial charge is 0.405 e. The fourth-order valence-corrected chi connectivity index (χ4v) is 3.94. The van der Waals surface area contributed by atoms with Gasteiger partial charge in [0.2, 0.25) is 5.95 Å². The highest BCUT2D eigenvalue weighted by atomic mass is 19.4. The molecule has 0 unspecified atom stereocenters. The molecule has 0 saturated carbocycles. The van der Waals surface area contributed by atoms with E-state index < -0.39 is 24.0 Å². The van der Waals surface area contributed by atoms with Crippen LogP contribution in [0.4, 0.5) is 19.1 Å². The van der Waals surface area contributed by atoms with Crippen molar-refractivity contribution >= 4 is 17.0 Å². The molecular formula is C28H22F3N5O3. The Morgan fingerprint density at radius 2 is 1.51 bits per heavy atom. The molecule has 0 amide bonds. The lowest BCUT2D eigenvalue weighted by molar-refractivity contribution is -0.115. The first kappa shape index (κ1) is 25.7. The molecule has 0 fully saturated rings. The van der Waals surface area contributed by atoms with Crippen LogP contribution in [0, 0.1) is 6.92 Å². The van der Waals surface area contributed by atoms with E-state index in [1.54, 1.807) is 48.5 Å². The minimum absolute atomic E-state index is 0.0443. The van der Waals surface area contributed by atoms with E-state index in [0.29, 0.717) is 23.7 Å². The summed E-state index contributed by atoms with van der Waals surface area (Å²) in [6.07, 6.45) is -3.40. The third kappa shape index (κ3) is 5.66. The number of benzene rings is 3. The van der Waals surface area contributed by atoms with Gasteiger partial charge in [0.05, 0.1) is 11.4 Å². The summed E-state index contributed by atoms with van der Waals surface area (Å²) >= 11 is 0. The van der Waals surface area contributed by atoms with Crippen molar-refractivity contribution in [3.05, 3.63) is 117 Å². The van der Waals surface area contributed by atoms with Crippen LogP contribution < -0.4 is 21.3 Å². The van der Waals surface area contributed by atoms with Crippen LogP contribution in [0.3, 0.4) is 0 Å². The molecule has 0 bridgehead atoms. The number of ether oxygens (including phenoxy) is 1. The van der Waals surface area contributed by atoms with E-state index in [4.69, 9.17) is 4.74 Å². The minimum Gasteiger partial charge on any atom is -0.489 e. The summed E-state index contributed by atoms with van der Waals surface area (Å²) in [5.41, 5.74) is 1.00. The third-order valence-electron chi connectivity index (χ3n) is 5.88. The molecule has 0 atom stereocenters. The summed E-state index contributed by atoms with van der Waals surface area (Å²) in [5, 5.41) is 2.05. The number of hydrogen-bond acceptors (Lipinski definition) is 6. The highest BCUT2D eigenvalue weighted by Crippen LogP contribution is 2.20. The fourth-order valence-electron chi connectivity index (χ4n) is 3.94. The van der Waals surface area contributed by atoms with Gasteiger partial charge in [0.1, 0.15) is 24.3 Å². The van der Waals surface area contributed by atoms with Crippen LogP contribution in [0.2, 0.25) is 0 Å². The van der Waals surface area contributed by atoms with E-state index in [1.165, 1.54) is 0 Å². The number of halogens is 3. The summed E-state index contributed by atoms with van der Waals surface area (Å²) in [5.74, 6) is 0.164. The summed E-state index contributed by atoms with van der Waals surface area (Å²) in [6.45, 7) is 0.829. The van der Waals surface area contributed by atoms with Gasteiger partial charge in [-0.05, 0) is 48.9 Å². The zero-order valence-electron chi connectivity index (χ0n) is 20.6. The van der Waals surface area contributed by atoms with Gasteiger partial charge in [0.15, 0.2) is 5.65 Å². The third-order valence-corrected chi connectivity index (χ3v) is 5.88. The van der Waals surface area contributed by atoms with Gasteiger partial charge < -0.3 is 10.1 Å². The predicted octanol–water partition coefficient (Wildman–Crippen LogP) is 4.79. The monoisotopic (exact) mass is 533 g/mol. The van der Waals surface area contributed by atoms with Gasteiger partial charge in [0, 0.05) is 6.20 Å². The van der Waals surface area contributed by atoms with Crippen molar-refractivity contribution in [2.75, 3.05) is 11.9 Å². The van der Waals surface area contributed by atoms with Crippen molar-refractivity contribution in [3.8, 4) is 17.1 Å². The van der Waals surface area contributed by atoms with Gasteiger partial charge in [-0.1, -0.05) is 48.0 Å². The minimum atomic E-state index is -4.51. The number of rotatable bonds is 7. The van der Waals surface area contributed by atoms with Gasteiger partial charge in [-0.25, -0.2) is 18.9 Å². The molecule has 2 heterocycles. The van der Waals surface area contributed by atoms with E-state index in [1.807, 2.05) is 37.3 Å². The van der Waals surface area contributed by atoms with Gasteiger partial charge in [-0.15, -0.1) is 0 Å². The first-order valence-corrected chi connectivity index (χ1v) is 11.9. The van der Waals surface area contributed by atoms with Crippen LogP contribution in [-0.2, 0) is 6.61 Å². The number of hydrogen-bond donors (Lipinski definition) is 1. The van der Waals surface area contributed by atoms with Gasteiger partial charge in [0.25, 0.3) is 5.56 Å². The molecular weight excluding hydrogens is 511 g/mol. The zero-order valence-corrected chi connectivity index (χ0v) is 20.6. The molecule has 0 aliphatic carbocycles. The number of nitrogens with one attached hydrogen (secondary N) is 1. The van der Waals surface area contributed by atoms with E-state index in [-0.39, 0.29) is 17.0 Å². The highest BCUT2D eigenvalue weighted by molar-refractivity contribution is 5.76. The molecule has 0 aliphatic heterocycles. The van der Waals surface area contributed by atoms with Crippen molar-refractivity contribution in [2.24, 2.45) is 0 Å². The molecule has 0 radical (unpaired) electrons. The molecule has 39 heavy (non-hydrogen) atoms. The Morgan fingerprint density at radius 3 is 2.18 bits per heavy atom. The van der Waals surface area contributed by atoms with Crippen molar-refractivity contribution in [1.29, 1.82) is 0 Å². The van der Waals surface area contributed by atoms with Crippen molar-refractivity contribution in [3.63, 3.8) is 0 Å². The molecule has 11 heteroatoms. The Bertz CT molecular complexity index is 1730. The lowest BCUT2D eigenvalue weighted by atomic mass is 10.2. The van der Waals surface area contributed by atoms with E-state index in [2.05, 4.69) is 15.3 Å². The maximum Gasteiger partial charge on any atom is 0.405 e. The number of fused-ring (bicyclic) bond motifs is 1. The average molecular weight is 534 g/mol. The largest absolute Gasteiger partial charge is 0.489 e. The molecule has 0 aliphatic rings. The van der Waals surface area contributed by atoms with E-state index >= 15 is 0 Å². The van der Waals surface area contributed by atoms with E-state index in [9.17, 15) is 22.8 Å². The van der Waals surface area contributed by atoms with Crippen molar-refractivity contribution in [2.45, 2.75) is 19.7 Å². The van der Waals surface area contributed by atoms with Gasteiger partial charge in [-0.3, -0.25) is 4.79 Å². The normalized spacial score (nSPS) is 11.5. The summed E-state index contributed by atoms with van der Waals surface area (Å²) in [6, 6.07) is 22.9. The first-order valence-electron chi connectivity index (χ1n) is 11.9. The molecule has 0 saturated heterocycles. The summed E-state index contributed by atoms with van der Waals surface area (Å²) in [7, 11) is 0. The lowest BCUT2D eigenvalue weighted by Gasteiger charge is -2.15. The standard InChI is InChI=1S/C28H22F3N5O3/c1-18-7-9-21(10-8-18)36-25(37)23-15-32-26(33-17-28(29,30)31)34-24(23)35(27(36)38)20-11-13-22(14-12-20)39-16-19-5-3-2-4-6-19/h2-15H,16-17H2,1H3,(H,32,33,34). The number of nitrogens with zero attached hydrogens (tertiary/aromatic N) is 4. The van der Waals surface area contributed by atoms with Crippen LogP contribution in [0.5, 0.6) is 5.75 Å². The van der Waals surface area contributed by atoms with E-state index in [0.717, 1.165) is 26.5 Å². The first-order chi connectivity index (χ1) is 18.7. The average Bonchev–Trinajstić information content (AvgIpc) is 2.92. The van der Waals surface area contributed by atoms with Gasteiger partial charge >= 0.3 is 11.9 Å². The predicted molar refractivity (Wildman–Crippen MR) is 141 cm³/mol. The Morgan fingerprint density at radius 1 is 0.872 bits per heavy atom. The number of anilines is 1.